The smallest absolute Gasteiger partial charge is 0.128 e. The number of anilines is 1. The Morgan fingerprint density at radius 1 is 0.969 bits per heavy atom. The Morgan fingerprint density at radius 2 is 1.78 bits per heavy atom. The van der Waals surface area contributed by atoms with Gasteiger partial charge in [-0.05, 0) is 63.1 Å². The van der Waals surface area contributed by atoms with Gasteiger partial charge in [-0.1, -0.05) is 11.6 Å². The van der Waals surface area contributed by atoms with E-state index in [2.05, 4.69) is 63.7 Å². The highest BCUT2D eigenvalue weighted by molar-refractivity contribution is 6.32. The van der Waals surface area contributed by atoms with Crippen LogP contribution in [0.15, 0.2) is 42.7 Å². The predicted octanol–water partition coefficient (Wildman–Crippen LogP) is 5.38. The van der Waals surface area contributed by atoms with Gasteiger partial charge in [0.05, 0.1) is 16.7 Å². The summed E-state index contributed by atoms with van der Waals surface area (Å²) >= 11 is 6.65. The van der Waals surface area contributed by atoms with Crippen LogP contribution >= 0.6 is 11.6 Å². The molecule has 5 nitrogen and oxygen atoms in total. The quantitative estimate of drug-likeness (QED) is 0.423. The first kappa shape index (κ1) is 20.0. The van der Waals surface area contributed by atoms with E-state index in [-0.39, 0.29) is 0 Å². The molecule has 164 valence electrons. The second kappa shape index (κ2) is 7.75. The molecule has 0 N–H and O–H groups in total. The van der Waals surface area contributed by atoms with Crippen LogP contribution in [0.5, 0.6) is 0 Å². The van der Waals surface area contributed by atoms with E-state index in [0.717, 1.165) is 66.3 Å². The van der Waals surface area contributed by atoms with Gasteiger partial charge in [-0.25, -0.2) is 4.98 Å². The van der Waals surface area contributed by atoms with E-state index in [4.69, 9.17) is 16.6 Å². The maximum Gasteiger partial charge on any atom is 0.128 e. The molecule has 4 heterocycles. The SMILES string of the molecule is Cc1nccc2c3cc(Cl)cc(-c4ccc(N5CCN(C)CC5)nc4)c3n(CC3CC3)c12. The molecule has 1 saturated heterocycles. The summed E-state index contributed by atoms with van der Waals surface area (Å²) in [5, 5.41) is 3.20. The standard InChI is InChI=1S/C26H28ClN5/c1-17-25-21(7-8-28-17)23-14-20(27)13-22(26(23)32(25)16-18-3-4-18)19-5-6-24(29-15-19)31-11-9-30(2)10-12-31/h5-8,13-15,18H,3-4,9-12,16H2,1-2H3. The van der Waals surface area contributed by atoms with Gasteiger partial charge in [0.25, 0.3) is 0 Å². The van der Waals surface area contributed by atoms with E-state index in [9.17, 15) is 0 Å². The Bertz CT molecular complexity index is 1300. The Kier molecular flexibility index (Phi) is 4.85. The van der Waals surface area contributed by atoms with Crippen molar-refractivity contribution in [2.24, 2.45) is 5.92 Å². The Morgan fingerprint density at radius 3 is 2.50 bits per heavy atom. The van der Waals surface area contributed by atoms with Gasteiger partial charge in [-0.3, -0.25) is 4.98 Å². The summed E-state index contributed by atoms with van der Waals surface area (Å²) in [5.41, 5.74) is 5.83. The number of hydrogen-bond acceptors (Lipinski definition) is 4. The lowest BCUT2D eigenvalue weighted by molar-refractivity contribution is 0.312. The number of hydrogen-bond donors (Lipinski definition) is 0. The summed E-state index contributed by atoms with van der Waals surface area (Å²) in [5.74, 6) is 1.81. The lowest BCUT2D eigenvalue weighted by Crippen LogP contribution is -2.44. The van der Waals surface area contributed by atoms with E-state index in [0.29, 0.717) is 0 Å². The van der Waals surface area contributed by atoms with Crippen LogP contribution in [0, 0.1) is 12.8 Å². The van der Waals surface area contributed by atoms with Gasteiger partial charge in [0, 0.05) is 72.0 Å². The van der Waals surface area contributed by atoms with E-state index in [1.54, 1.807) is 0 Å². The fourth-order valence-corrected chi connectivity index (χ4v) is 5.27. The van der Waals surface area contributed by atoms with E-state index >= 15 is 0 Å². The van der Waals surface area contributed by atoms with Gasteiger partial charge in [-0.15, -0.1) is 0 Å². The largest absolute Gasteiger partial charge is 0.354 e. The van der Waals surface area contributed by atoms with Crippen LogP contribution in [0.1, 0.15) is 18.5 Å². The number of rotatable bonds is 4. The molecule has 4 aromatic rings. The zero-order valence-corrected chi connectivity index (χ0v) is 19.4. The first-order valence-electron chi connectivity index (χ1n) is 11.6. The molecule has 3 aromatic heterocycles. The fraction of sp³-hybridized carbons (Fsp3) is 0.385. The van der Waals surface area contributed by atoms with Crippen molar-refractivity contribution in [2.45, 2.75) is 26.3 Å². The predicted molar refractivity (Wildman–Crippen MR) is 133 cm³/mol. The van der Waals surface area contributed by atoms with Gasteiger partial charge in [0.1, 0.15) is 5.82 Å². The molecule has 2 aliphatic rings. The van der Waals surface area contributed by atoms with Crippen LogP contribution in [0.25, 0.3) is 32.9 Å². The number of nitrogens with zero attached hydrogens (tertiary/aromatic N) is 5. The van der Waals surface area contributed by atoms with Crippen molar-refractivity contribution in [3.05, 3.63) is 53.4 Å². The lowest BCUT2D eigenvalue weighted by Gasteiger charge is -2.33. The summed E-state index contributed by atoms with van der Waals surface area (Å²) in [6.07, 6.45) is 6.55. The molecule has 0 bridgehead atoms. The van der Waals surface area contributed by atoms with Crippen LogP contribution in [0.3, 0.4) is 0 Å². The van der Waals surface area contributed by atoms with E-state index < -0.39 is 0 Å². The van der Waals surface area contributed by atoms with Crippen molar-refractivity contribution >= 4 is 39.2 Å². The van der Waals surface area contributed by atoms with Crippen LogP contribution < -0.4 is 4.90 Å². The summed E-state index contributed by atoms with van der Waals surface area (Å²) < 4.78 is 2.49. The van der Waals surface area contributed by atoms with Crippen molar-refractivity contribution in [1.29, 1.82) is 0 Å². The first-order chi connectivity index (χ1) is 15.6. The van der Waals surface area contributed by atoms with Crippen molar-refractivity contribution in [1.82, 2.24) is 19.4 Å². The highest BCUT2D eigenvalue weighted by Crippen LogP contribution is 2.41. The van der Waals surface area contributed by atoms with Crippen molar-refractivity contribution in [2.75, 3.05) is 38.1 Å². The van der Waals surface area contributed by atoms with Crippen LogP contribution in [-0.2, 0) is 6.54 Å². The van der Waals surface area contributed by atoms with Crippen molar-refractivity contribution < 1.29 is 0 Å². The molecule has 1 aliphatic carbocycles. The van der Waals surface area contributed by atoms with Gasteiger partial charge < -0.3 is 14.4 Å². The van der Waals surface area contributed by atoms with Gasteiger partial charge >= 0.3 is 0 Å². The maximum absolute atomic E-state index is 6.65. The third-order valence-electron chi connectivity index (χ3n) is 7.04. The molecule has 1 aliphatic heterocycles. The molecule has 0 radical (unpaired) electrons. The molecule has 0 amide bonds. The number of pyridine rings is 2. The van der Waals surface area contributed by atoms with Crippen LogP contribution in [-0.4, -0.2) is 52.7 Å². The minimum Gasteiger partial charge on any atom is -0.354 e. The highest BCUT2D eigenvalue weighted by Gasteiger charge is 2.26. The first-order valence-corrected chi connectivity index (χ1v) is 11.9. The molecule has 32 heavy (non-hydrogen) atoms. The molecular formula is C26H28ClN5. The zero-order valence-electron chi connectivity index (χ0n) is 18.7. The third kappa shape index (κ3) is 3.44. The number of likely N-dealkylation sites (N-methyl/N-ethyl adjacent to an activating group) is 1. The number of piperazine rings is 1. The molecule has 0 atom stereocenters. The topological polar surface area (TPSA) is 37.2 Å². The van der Waals surface area contributed by atoms with Crippen LogP contribution in [0.2, 0.25) is 5.02 Å². The second-order valence-corrected chi connectivity index (χ2v) is 9.83. The van der Waals surface area contributed by atoms with Gasteiger partial charge in [-0.2, -0.15) is 0 Å². The average molecular weight is 446 g/mol. The van der Waals surface area contributed by atoms with Crippen molar-refractivity contribution in [3.8, 4) is 11.1 Å². The highest BCUT2D eigenvalue weighted by atomic mass is 35.5. The zero-order chi connectivity index (χ0) is 21.8. The summed E-state index contributed by atoms with van der Waals surface area (Å²) in [6, 6.07) is 10.7. The number of halogens is 1. The molecular weight excluding hydrogens is 418 g/mol. The summed E-state index contributed by atoms with van der Waals surface area (Å²) in [6.45, 7) is 7.34. The number of fused-ring (bicyclic) bond motifs is 3. The molecule has 6 rings (SSSR count). The number of aryl methyl sites for hydroxylation is 1. The Balaban J connectivity index is 1.50. The van der Waals surface area contributed by atoms with Crippen LogP contribution in [0.4, 0.5) is 5.82 Å². The van der Waals surface area contributed by atoms with E-state index in [1.165, 1.54) is 34.6 Å². The lowest BCUT2D eigenvalue weighted by atomic mass is 10.0. The molecule has 2 fully saturated rings. The Labute approximate surface area is 193 Å². The molecule has 0 unspecified atom stereocenters. The summed E-state index contributed by atoms with van der Waals surface area (Å²) in [4.78, 5) is 14.2. The minimum atomic E-state index is 0.759. The molecule has 1 aromatic carbocycles. The third-order valence-corrected chi connectivity index (χ3v) is 7.25. The number of benzene rings is 1. The normalized spacial score (nSPS) is 17.5. The summed E-state index contributed by atoms with van der Waals surface area (Å²) in [7, 11) is 2.18. The molecule has 6 heteroatoms. The Hall–Kier alpha value is -2.63. The maximum atomic E-state index is 6.65. The number of aromatic nitrogens is 3. The monoisotopic (exact) mass is 445 g/mol. The molecule has 1 saturated carbocycles. The van der Waals surface area contributed by atoms with Gasteiger partial charge in [0.15, 0.2) is 0 Å². The van der Waals surface area contributed by atoms with Gasteiger partial charge in [0.2, 0.25) is 0 Å². The average Bonchev–Trinajstić information content (AvgIpc) is 3.56. The van der Waals surface area contributed by atoms with Crippen molar-refractivity contribution in [3.63, 3.8) is 0 Å². The van der Waals surface area contributed by atoms with E-state index in [1.807, 2.05) is 12.4 Å². The molecule has 0 spiro atoms. The second-order valence-electron chi connectivity index (χ2n) is 9.39. The minimum absolute atomic E-state index is 0.759. The fourth-order valence-electron chi connectivity index (χ4n) is 5.05.